The van der Waals surface area contributed by atoms with Crippen LogP contribution >= 0.6 is 0 Å². The van der Waals surface area contributed by atoms with Gasteiger partial charge < -0.3 is 5.73 Å². The second kappa shape index (κ2) is 3.29. The van der Waals surface area contributed by atoms with E-state index in [9.17, 15) is 0 Å². The summed E-state index contributed by atoms with van der Waals surface area (Å²) >= 11 is 0. The Balaban J connectivity index is 2.70. The van der Waals surface area contributed by atoms with Gasteiger partial charge in [0.25, 0.3) is 0 Å². The third kappa shape index (κ3) is 1.43. The van der Waals surface area contributed by atoms with E-state index in [-0.39, 0.29) is 0 Å². The summed E-state index contributed by atoms with van der Waals surface area (Å²) in [7, 11) is 0. The molecular formula is C12H14N2. The van der Waals surface area contributed by atoms with Crippen LogP contribution in [0.3, 0.4) is 0 Å². The van der Waals surface area contributed by atoms with Crippen molar-refractivity contribution in [3.8, 4) is 0 Å². The van der Waals surface area contributed by atoms with Crippen LogP contribution in [-0.4, -0.2) is 4.98 Å². The van der Waals surface area contributed by atoms with Gasteiger partial charge in [-0.3, -0.25) is 0 Å². The van der Waals surface area contributed by atoms with Crippen LogP contribution in [0, 0.1) is 6.92 Å². The molecule has 1 aromatic carbocycles. The molecule has 0 unspecified atom stereocenters. The number of fused-ring (bicyclic) bond motifs is 1. The van der Waals surface area contributed by atoms with E-state index in [1.54, 1.807) is 0 Å². The van der Waals surface area contributed by atoms with Crippen LogP contribution < -0.4 is 5.73 Å². The SMILES string of the molecule is CCc1ccc2nc(N)c(C)cc2c1. The second-order valence-corrected chi connectivity index (χ2v) is 3.57. The Bertz CT molecular complexity index is 475. The van der Waals surface area contributed by atoms with Gasteiger partial charge in [0.05, 0.1) is 5.52 Å². The molecule has 0 saturated carbocycles. The molecule has 0 saturated heterocycles. The van der Waals surface area contributed by atoms with Gasteiger partial charge in [0, 0.05) is 5.39 Å². The van der Waals surface area contributed by atoms with Gasteiger partial charge in [0.1, 0.15) is 5.82 Å². The van der Waals surface area contributed by atoms with Crippen molar-refractivity contribution < 1.29 is 0 Å². The number of hydrogen-bond acceptors (Lipinski definition) is 2. The maximum atomic E-state index is 5.75. The Morgan fingerprint density at radius 3 is 2.79 bits per heavy atom. The molecule has 14 heavy (non-hydrogen) atoms. The first-order chi connectivity index (χ1) is 6.70. The lowest BCUT2D eigenvalue weighted by Crippen LogP contribution is -1.94. The van der Waals surface area contributed by atoms with Crippen LogP contribution in [0.2, 0.25) is 0 Å². The number of rotatable bonds is 1. The standard InChI is InChI=1S/C12H14N2/c1-3-9-4-5-11-10(7-9)6-8(2)12(13)14-11/h4-7H,3H2,1-2H3,(H2,13,14). The van der Waals surface area contributed by atoms with Crippen LogP contribution in [0.5, 0.6) is 0 Å². The maximum Gasteiger partial charge on any atom is 0.127 e. The van der Waals surface area contributed by atoms with Gasteiger partial charge in [-0.25, -0.2) is 4.98 Å². The number of anilines is 1. The summed E-state index contributed by atoms with van der Waals surface area (Å²) in [6.07, 6.45) is 1.05. The fourth-order valence-electron chi connectivity index (χ4n) is 1.57. The minimum Gasteiger partial charge on any atom is -0.383 e. The minimum absolute atomic E-state index is 0.627. The molecule has 2 nitrogen and oxygen atoms in total. The summed E-state index contributed by atoms with van der Waals surface area (Å²) in [4.78, 5) is 4.33. The monoisotopic (exact) mass is 186 g/mol. The lowest BCUT2D eigenvalue weighted by atomic mass is 10.1. The van der Waals surface area contributed by atoms with Crippen molar-refractivity contribution >= 4 is 16.7 Å². The van der Waals surface area contributed by atoms with Crippen molar-refractivity contribution in [1.82, 2.24) is 4.98 Å². The van der Waals surface area contributed by atoms with Crippen molar-refractivity contribution in [2.75, 3.05) is 5.73 Å². The molecule has 72 valence electrons. The lowest BCUT2D eigenvalue weighted by molar-refractivity contribution is 1.14. The molecule has 0 radical (unpaired) electrons. The summed E-state index contributed by atoms with van der Waals surface area (Å²) < 4.78 is 0. The summed E-state index contributed by atoms with van der Waals surface area (Å²) in [5.74, 6) is 0.627. The highest BCUT2D eigenvalue weighted by molar-refractivity contribution is 5.82. The number of nitrogens with zero attached hydrogens (tertiary/aromatic N) is 1. The first-order valence-electron chi connectivity index (χ1n) is 4.86. The van der Waals surface area contributed by atoms with Gasteiger partial charge in [-0.15, -0.1) is 0 Å². The third-order valence-corrected chi connectivity index (χ3v) is 2.52. The summed E-state index contributed by atoms with van der Waals surface area (Å²) in [6, 6.07) is 8.40. The molecule has 2 aromatic rings. The molecule has 2 heteroatoms. The number of hydrogen-bond donors (Lipinski definition) is 1. The Labute approximate surface area is 83.8 Å². The van der Waals surface area contributed by atoms with Crippen molar-refractivity contribution in [2.24, 2.45) is 0 Å². The van der Waals surface area contributed by atoms with E-state index in [1.807, 2.05) is 13.0 Å². The largest absolute Gasteiger partial charge is 0.383 e. The van der Waals surface area contributed by atoms with Gasteiger partial charge >= 0.3 is 0 Å². The lowest BCUT2D eigenvalue weighted by Gasteiger charge is -2.04. The average molecular weight is 186 g/mol. The Morgan fingerprint density at radius 1 is 1.29 bits per heavy atom. The molecule has 2 rings (SSSR count). The number of pyridine rings is 1. The van der Waals surface area contributed by atoms with Crippen molar-refractivity contribution in [1.29, 1.82) is 0 Å². The first-order valence-corrected chi connectivity index (χ1v) is 4.86. The molecule has 0 amide bonds. The second-order valence-electron chi connectivity index (χ2n) is 3.57. The molecule has 0 spiro atoms. The molecule has 0 aliphatic heterocycles. The maximum absolute atomic E-state index is 5.75. The first kappa shape index (κ1) is 9.00. The van der Waals surface area contributed by atoms with Crippen molar-refractivity contribution in [2.45, 2.75) is 20.3 Å². The van der Waals surface area contributed by atoms with E-state index in [0.717, 1.165) is 17.5 Å². The summed E-state index contributed by atoms with van der Waals surface area (Å²) in [5, 5.41) is 1.18. The van der Waals surface area contributed by atoms with Crippen LogP contribution in [0.25, 0.3) is 10.9 Å². The van der Waals surface area contributed by atoms with Gasteiger partial charge in [-0.2, -0.15) is 0 Å². The van der Waals surface area contributed by atoms with Gasteiger partial charge in [0.15, 0.2) is 0 Å². The molecule has 0 aliphatic carbocycles. The summed E-state index contributed by atoms with van der Waals surface area (Å²) in [6.45, 7) is 4.14. The average Bonchev–Trinajstić information content (AvgIpc) is 2.19. The van der Waals surface area contributed by atoms with Crippen LogP contribution in [0.15, 0.2) is 24.3 Å². The van der Waals surface area contributed by atoms with E-state index in [0.29, 0.717) is 5.82 Å². The zero-order valence-electron chi connectivity index (χ0n) is 8.54. The third-order valence-electron chi connectivity index (χ3n) is 2.52. The number of benzene rings is 1. The zero-order valence-corrected chi connectivity index (χ0v) is 8.54. The predicted molar refractivity (Wildman–Crippen MR) is 60.3 cm³/mol. The smallest absolute Gasteiger partial charge is 0.127 e. The molecule has 1 aromatic heterocycles. The molecule has 2 N–H and O–H groups in total. The highest BCUT2D eigenvalue weighted by Gasteiger charge is 2.00. The van der Waals surface area contributed by atoms with Crippen LogP contribution in [0.1, 0.15) is 18.1 Å². The zero-order chi connectivity index (χ0) is 10.1. The molecular weight excluding hydrogens is 172 g/mol. The highest BCUT2D eigenvalue weighted by Crippen LogP contribution is 2.19. The van der Waals surface area contributed by atoms with E-state index in [4.69, 9.17) is 5.73 Å². The fourth-order valence-corrected chi connectivity index (χ4v) is 1.57. The van der Waals surface area contributed by atoms with E-state index >= 15 is 0 Å². The Morgan fingerprint density at radius 2 is 2.07 bits per heavy atom. The van der Waals surface area contributed by atoms with E-state index in [2.05, 4.69) is 30.1 Å². The molecule has 0 bridgehead atoms. The number of nitrogens with two attached hydrogens (primary N) is 1. The van der Waals surface area contributed by atoms with Gasteiger partial charge in [-0.05, 0) is 42.7 Å². The van der Waals surface area contributed by atoms with Crippen molar-refractivity contribution in [3.05, 3.63) is 35.4 Å². The Kier molecular flexibility index (Phi) is 2.12. The molecule has 0 atom stereocenters. The van der Waals surface area contributed by atoms with E-state index < -0.39 is 0 Å². The van der Waals surface area contributed by atoms with Gasteiger partial charge in [0.2, 0.25) is 0 Å². The quantitative estimate of drug-likeness (QED) is 0.743. The number of aromatic nitrogens is 1. The minimum atomic E-state index is 0.627. The molecule has 1 heterocycles. The normalized spacial score (nSPS) is 10.7. The predicted octanol–water partition coefficient (Wildman–Crippen LogP) is 2.69. The van der Waals surface area contributed by atoms with Gasteiger partial charge in [-0.1, -0.05) is 13.0 Å². The Hall–Kier alpha value is -1.57. The van der Waals surface area contributed by atoms with Crippen molar-refractivity contribution in [3.63, 3.8) is 0 Å². The van der Waals surface area contributed by atoms with Crippen LogP contribution in [0.4, 0.5) is 5.82 Å². The van der Waals surface area contributed by atoms with E-state index in [1.165, 1.54) is 10.9 Å². The molecule has 0 aliphatic rings. The molecule has 0 fully saturated rings. The number of nitrogen functional groups attached to an aromatic ring is 1. The topological polar surface area (TPSA) is 38.9 Å². The highest BCUT2D eigenvalue weighted by atomic mass is 14.8. The number of aryl methyl sites for hydroxylation is 2. The fraction of sp³-hybridized carbons (Fsp3) is 0.250. The van der Waals surface area contributed by atoms with Crippen LogP contribution in [-0.2, 0) is 6.42 Å². The summed E-state index contributed by atoms with van der Waals surface area (Å²) in [5.41, 5.74) is 9.11.